The number of nitro benzene ring substituents is 1. The molecule has 2 heterocycles. The van der Waals surface area contributed by atoms with Gasteiger partial charge in [-0.05, 0) is 33.6 Å². The standard InChI is InChI=1S/C26H34N4O5/c1-16(2)34-14-9-15-35-26(31)21-17(3)27-25-23(24(28-29(25)4)18-10-5-6-11-18)22(21)19-12-7-8-13-20(19)30(32)33/h7-8,12-13,16,18,22,27H,5-6,9-11,14-15H2,1-4H3. The van der Waals surface area contributed by atoms with Gasteiger partial charge in [0, 0.05) is 42.3 Å². The number of para-hydroxylation sites is 1. The third-order valence-corrected chi connectivity index (χ3v) is 6.78. The number of nitro groups is 1. The number of allylic oxidation sites excluding steroid dienone is 1. The number of hydrogen-bond acceptors (Lipinski definition) is 7. The molecule has 0 saturated heterocycles. The van der Waals surface area contributed by atoms with E-state index in [0.717, 1.165) is 42.8 Å². The van der Waals surface area contributed by atoms with Gasteiger partial charge >= 0.3 is 5.97 Å². The highest BCUT2D eigenvalue weighted by atomic mass is 16.6. The molecule has 1 aromatic heterocycles. The van der Waals surface area contributed by atoms with Crippen LogP contribution in [0.5, 0.6) is 0 Å². The summed E-state index contributed by atoms with van der Waals surface area (Å²) in [5, 5.41) is 20.2. The zero-order valence-electron chi connectivity index (χ0n) is 20.9. The molecule has 1 aliphatic heterocycles. The van der Waals surface area contributed by atoms with Crippen molar-refractivity contribution < 1.29 is 19.2 Å². The lowest BCUT2D eigenvalue weighted by Gasteiger charge is -2.29. The SMILES string of the molecule is CC1=C(C(=O)OCCCOC(C)C)C(c2ccccc2[N+](=O)[O-])c2c(C3CCCC3)nn(C)c2N1. The van der Waals surface area contributed by atoms with Crippen LogP contribution >= 0.6 is 0 Å². The Kier molecular flexibility index (Phi) is 7.54. The highest BCUT2D eigenvalue weighted by Crippen LogP contribution is 2.49. The van der Waals surface area contributed by atoms with E-state index >= 15 is 0 Å². The van der Waals surface area contributed by atoms with E-state index in [9.17, 15) is 14.9 Å². The van der Waals surface area contributed by atoms with Crippen LogP contribution in [-0.2, 0) is 21.3 Å². The Morgan fingerprint density at radius 2 is 1.97 bits per heavy atom. The van der Waals surface area contributed by atoms with E-state index in [1.54, 1.807) is 22.9 Å². The van der Waals surface area contributed by atoms with Gasteiger partial charge in [-0.3, -0.25) is 14.8 Å². The predicted octanol–water partition coefficient (Wildman–Crippen LogP) is 5.18. The van der Waals surface area contributed by atoms with Crippen molar-refractivity contribution in [3.05, 3.63) is 62.5 Å². The maximum Gasteiger partial charge on any atom is 0.336 e. The first-order valence-electron chi connectivity index (χ1n) is 12.4. The minimum absolute atomic E-state index is 0.0185. The Bertz CT molecular complexity index is 1130. The fraction of sp³-hybridized carbons (Fsp3) is 0.538. The third-order valence-electron chi connectivity index (χ3n) is 6.78. The largest absolute Gasteiger partial charge is 0.462 e. The number of nitrogens with zero attached hydrogens (tertiary/aromatic N) is 3. The first-order chi connectivity index (χ1) is 16.8. The van der Waals surface area contributed by atoms with Crippen molar-refractivity contribution in [1.29, 1.82) is 0 Å². The van der Waals surface area contributed by atoms with Crippen LogP contribution in [0, 0.1) is 10.1 Å². The van der Waals surface area contributed by atoms with Gasteiger partial charge in [-0.2, -0.15) is 5.10 Å². The lowest BCUT2D eigenvalue weighted by Crippen LogP contribution is -2.26. The lowest BCUT2D eigenvalue weighted by atomic mass is 9.79. The fourth-order valence-electron chi connectivity index (χ4n) is 5.20. The van der Waals surface area contributed by atoms with Crippen molar-refractivity contribution in [1.82, 2.24) is 9.78 Å². The molecular formula is C26H34N4O5. The number of esters is 1. The molecule has 1 aromatic carbocycles. The highest BCUT2D eigenvalue weighted by Gasteiger charge is 2.41. The van der Waals surface area contributed by atoms with Crippen LogP contribution in [0.4, 0.5) is 11.5 Å². The lowest BCUT2D eigenvalue weighted by molar-refractivity contribution is -0.385. The van der Waals surface area contributed by atoms with Crippen molar-refractivity contribution in [3.8, 4) is 0 Å². The van der Waals surface area contributed by atoms with Crippen LogP contribution in [0.25, 0.3) is 0 Å². The number of carbonyl (C=O) groups excluding carboxylic acids is 1. The van der Waals surface area contributed by atoms with Gasteiger partial charge in [-0.1, -0.05) is 31.0 Å². The van der Waals surface area contributed by atoms with Crippen molar-refractivity contribution >= 4 is 17.5 Å². The molecule has 35 heavy (non-hydrogen) atoms. The maximum atomic E-state index is 13.5. The van der Waals surface area contributed by atoms with Gasteiger partial charge in [-0.15, -0.1) is 0 Å². The summed E-state index contributed by atoms with van der Waals surface area (Å²) in [6, 6.07) is 6.65. The predicted molar refractivity (Wildman–Crippen MR) is 132 cm³/mol. The van der Waals surface area contributed by atoms with Crippen LogP contribution in [0.15, 0.2) is 35.5 Å². The normalized spacial score (nSPS) is 18.0. The van der Waals surface area contributed by atoms with Crippen molar-refractivity contribution in [3.63, 3.8) is 0 Å². The first kappa shape index (κ1) is 24.9. The van der Waals surface area contributed by atoms with E-state index in [0.29, 0.717) is 29.9 Å². The van der Waals surface area contributed by atoms with E-state index < -0.39 is 11.9 Å². The van der Waals surface area contributed by atoms with Gasteiger partial charge in [-0.25, -0.2) is 4.79 Å². The Balaban J connectivity index is 1.77. The number of aryl methyl sites for hydroxylation is 1. The molecular weight excluding hydrogens is 448 g/mol. The van der Waals surface area contributed by atoms with Crippen LogP contribution < -0.4 is 5.32 Å². The van der Waals surface area contributed by atoms with Crippen molar-refractivity contribution in [2.24, 2.45) is 7.05 Å². The number of carbonyl (C=O) groups is 1. The Morgan fingerprint density at radius 3 is 2.66 bits per heavy atom. The number of fused-ring (bicyclic) bond motifs is 1. The molecule has 1 aliphatic carbocycles. The second-order valence-corrected chi connectivity index (χ2v) is 9.57. The van der Waals surface area contributed by atoms with Gasteiger partial charge in [0.1, 0.15) is 5.82 Å². The number of aromatic nitrogens is 2. The molecule has 9 nitrogen and oxygen atoms in total. The smallest absolute Gasteiger partial charge is 0.336 e. The van der Waals surface area contributed by atoms with Crippen molar-refractivity contribution in [2.75, 3.05) is 18.5 Å². The quantitative estimate of drug-likeness (QED) is 0.227. The van der Waals surface area contributed by atoms with Gasteiger partial charge in [0.05, 0.1) is 41.4 Å². The summed E-state index contributed by atoms with van der Waals surface area (Å²) in [6.07, 6.45) is 4.98. The summed E-state index contributed by atoms with van der Waals surface area (Å²) < 4.78 is 13.0. The minimum atomic E-state index is -0.642. The fourth-order valence-corrected chi connectivity index (χ4v) is 5.20. The molecule has 1 saturated carbocycles. The second-order valence-electron chi connectivity index (χ2n) is 9.57. The van der Waals surface area contributed by atoms with E-state index in [4.69, 9.17) is 14.6 Å². The van der Waals surface area contributed by atoms with Crippen LogP contribution in [0.1, 0.15) is 81.5 Å². The summed E-state index contributed by atoms with van der Waals surface area (Å²) in [4.78, 5) is 25.1. The topological polar surface area (TPSA) is 109 Å². The molecule has 9 heteroatoms. The van der Waals surface area contributed by atoms with Gasteiger partial charge in [0.2, 0.25) is 0 Å². The van der Waals surface area contributed by atoms with E-state index in [-0.39, 0.29) is 29.2 Å². The number of nitrogens with one attached hydrogen (secondary N) is 1. The molecule has 188 valence electrons. The molecule has 4 rings (SSSR count). The molecule has 1 N–H and O–H groups in total. The average Bonchev–Trinajstić information content (AvgIpc) is 3.46. The van der Waals surface area contributed by atoms with Crippen LogP contribution in [0.3, 0.4) is 0 Å². The number of hydrogen-bond donors (Lipinski definition) is 1. The molecule has 2 aliphatic rings. The second kappa shape index (κ2) is 10.6. The Labute approximate surface area is 205 Å². The summed E-state index contributed by atoms with van der Waals surface area (Å²) in [5.41, 5.74) is 3.22. The van der Waals surface area contributed by atoms with Crippen molar-refractivity contribution in [2.45, 2.75) is 70.8 Å². The molecule has 1 atom stereocenters. The van der Waals surface area contributed by atoms with Crippen LogP contribution in [-0.4, -0.2) is 40.0 Å². The molecule has 1 unspecified atom stereocenters. The maximum absolute atomic E-state index is 13.5. The molecule has 0 spiro atoms. The monoisotopic (exact) mass is 482 g/mol. The number of ether oxygens (including phenoxy) is 2. The summed E-state index contributed by atoms with van der Waals surface area (Å²) >= 11 is 0. The Morgan fingerprint density at radius 1 is 1.26 bits per heavy atom. The number of rotatable bonds is 9. The van der Waals surface area contributed by atoms with E-state index in [2.05, 4.69) is 5.32 Å². The molecule has 0 bridgehead atoms. The van der Waals surface area contributed by atoms with Gasteiger partial charge in [0.25, 0.3) is 5.69 Å². The van der Waals surface area contributed by atoms with Gasteiger partial charge in [0.15, 0.2) is 0 Å². The van der Waals surface area contributed by atoms with Crippen LogP contribution in [0.2, 0.25) is 0 Å². The summed E-state index contributed by atoms with van der Waals surface area (Å²) in [6.45, 7) is 6.43. The number of anilines is 1. The van der Waals surface area contributed by atoms with E-state index in [1.165, 1.54) is 6.07 Å². The number of benzene rings is 1. The first-order valence-corrected chi connectivity index (χ1v) is 12.4. The van der Waals surface area contributed by atoms with Gasteiger partial charge < -0.3 is 14.8 Å². The molecule has 2 aromatic rings. The highest BCUT2D eigenvalue weighted by molar-refractivity contribution is 5.95. The summed E-state index contributed by atoms with van der Waals surface area (Å²) in [5.74, 6) is -0.0820. The summed E-state index contributed by atoms with van der Waals surface area (Å²) in [7, 11) is 1.87. The zero-order chi connectivity index (χ0) is 25.1. The molecule has 0 amide bonds. The average molecular weight is 483 g/mol. The third kappa shape index (κ3) is 5.10. The molecule has 0 radical (unpaired) electrons. The molecule has 1 fully saturated rings. The zero-order valence-corrected chi connectivity index (χ0v) is 20.9. The van der Waals surface area contributed by atoms with E-state index in [1.807, 2.05) is 27.8 Å². The minimum Gasteiger partial charge on any atom is -0.462 e. The Hall–Kier alpha value is -3.20.